The molecule has 0 radical (unpaired) electrons. The molecule has 3 heterocycles. The van der Waals surface area contributed by atoms with E-state index in [1.807, 2.05) is 22.6 Å². The molecule has 0 bridgehead atoms. The highest BCUT2D eigenvalue weighted by molar-refractivity contribution is 14.1. The highest BCUT2D eigenvalue weighted by Gasteiger charge is 2.55. The Morgan fingerprint density at radius 3 is 2.19 bits per heavy atom. The Morgan fingerprint density at radius 1 is 0.941 bits per heavy atom. The van der Waals surface area contributed by atoms with Gasteiger partial charge in [0.05, 0.1) is 38.2 Å². The zero-order valence-corrected chi connectivity index (χ0v) is 40.9. The minimum atomic E-state index is -4.06. The molecule has 2 saturated carbocycles. The second-order valence-electron chi connectivity index (χ2n) is 17.8. The molecule has 3 aliphatic rings. The summed E-state index contributed by atoms with van der Waals surface area (Å²) >= 11 is 8.53. The van der Waals surface area contributed by atoms with Crippen LogP contribution in [0.15, 0.2) is 36.4 Å². The molecular formula is C44H41ClF8IN7O5S2. The third-order valence-electron chi connectivity index (χ3n) is 12.4. The van der Waals surface area contributed by atoms with Crippen molar-refractivity contribution in [2.75, 3.05) is 4.72 Å². The summed E-state index contributed by atoms with van der Waals surface area (Å²) in [5.41, 5.74) is -2.69. The second kappa shape index (κ2) is 18.0. The normalized spacial score (nSPS) is 18.8. The largest absolute Gasteiger partial charge is 0.346 e. The Kier molecular flexibility index (Phi) is 13.2. The van der Waals surface area contributed by atoms with Crippen molar-refractivity contribution < 1.29 is 56.8 Å². The van der Waals surface area contributed by atoms with Crippen molar-refractivity contribution in [1.82, 2.24) is 29.9 Å². The minimum Gasteiger partial charge on any atom is -0.346 e. The molecule has 2 aromatic carbocycles. The molecule has 0 unspecified atom stereocenters. The second-order valence-corrected chi connectivity index (χ2v) is 24.1. The van der Waals surface area contributed by atoms with Gasteiger partial charge in [0, 0.05) is 32.2 Å². The third kappa shape index (κ3) is 9.42. The van der Waals surface area contributed by atoms with Crippen LogP contribution in [0, 0.1) is 33.0 Å². The first-order valence-electron chi connectivity index (χ1n) is 21.2. The Balaban J connectivity index is 1.34. The molecule has 2 fully saturated rings. The topological polar surface area (TPSA) is 158 Å². The van der Waals surface area contributed by atoms with E-state index in [4.69, 9.17) is 16.6 Å². The number of aromatic nitrogens is 5. The number of rotatable bonds is 15. The molecule has 0 aliphatic heterocycles. The molecule has 0 spiro atoms. The predicted octanol–water partition coefficient (Wildman–Crippen LogP) is 9.59. The smallest absolute Gasteiger partial charge is 0.292 e. The van der Waals surface area contributed by atoms with Gasteiger partial charge in [0.1, 0.15) is 46.6 Å². The quantitative estimate of drug-likeness (QED) is 0.0596. The van der Waals surface area contributed by atoms with Crippen molar-refractivity contribution in [3.05, 3.63) is 90.5 Å². The van der Waals surface area contributed by atoms with Crippen molar-refractivity contribution >= 4 is 76.7 Å². The van der Waals surface area contributed by atoms with Crippen LogP contribution in [0.25, 0.3) is 22.0 Å². The van der Waals surface area contributed by atoms with E-state index >= 15 is 8.78 Å². The molecule has 364 valence electrons. The summed E-state index contributed by atoms with van der Waals surface area (Å²) < 4.78 is 174. The van der Waals surface area contributed by atoms with E-state index in [9.17, 15) is 48.0 Å². The number of pyridine rings is 1. The first-order valence-corrected chi connectivity index (χ1v) is 25.7. The fraction of sp³-hybridized carbons (Fsp3) is 0.455. The number of halogens is 10. The average molecular weight is 1130 g/mol. The number of nitrogens with zero attached hydrogens (tertiary/aromatic N) is 5. The molecule has 1 amide bonds. The van der Waals surface area contributed by atoms with Crippen LogP contribution < -0.4 is 10.0 Å². The van der Waals surface area contributed by atoms with Crippen LogP contribution in [0.5, 0.6) is 0 Å². The highest BCUT2D eigenvalue weighted by atomic mass is 127. The van der Waals surface area contributed by atoms with Crippen LogP contribution in [0.1, 0.15) is 106 Å². The van der Waals surface area contributed by atoms with E-state index in [0.29, 0.717) is 36.4 Å². The zero-order chi connectivity index (χ0) is 49.6. The summed E-state index contributed by atoms with van der Waals surface area (Å²) in [7, 11) is -7.83. The van der Waals surface area contributed by atoms with E-state index in [1.54, 1.807) is 0 Å². The van der Waals surface area contributed by atoms with Crippen LogP contribution in [-0.2, 0) is 50.1 Å². The van der Waals surface area contributed by atoms with Gasteiger partial charge < -0.3 is 5.32 Å². The first-order chi connectivity index (χ1) is 31.7. The van der Waals surface area contributed by atoms with Gasteiger partial charge in [-0.25, -0.2) is 48.2 Å². The van der Waals surface area contributed by atoms with Gasteiger partial charge >= 0.3 is 0 Å². The lowest BCUT2D eigenvalue weighted by molar-refractivity contribution is -0.123. The Morgan fingerprint density at radius 2 is 1.59 bits per heavy atom. The van der Waals surface area contributed by atoms with Crippen molar-refractivity contribution in [2.24, 2.45) is 5.92 Å². The van der Waals surface area contributed by atoms with Crippen LogP contribution in [0.3, 0.4) is 0 Å². The van der Waals surface area contributed by atoms with Crippen LogP contribution in [-0.4, -0.2) is 69.0 Å². The number of sulfone groups is 1. The van der Waals surface area contributed by atoms with E-state index in [-0.39, 0.29) is 53.4 Å². The van der Waals surface area contributed by atoms with Crippen LogP contribution >= 0.6 is 34.2 Å². The first kappa shape index (κ1) is 49.9. The summed E-state index contributed by atoms with van der Waals surface area (Å²) in [5.74, 6) is -4.16. The van der Waals surface area contributed by atoms with Gasteiger partial charge in [0.15, 0.2) is 15.7 Å². The number of hydrogen-bond acceptors (Lipinski definition) is 8. The van der Waals surface area contributed by atoms with E-state index in [0.717, 1.165) is 16.8 Å². The molecule has 24 heteroatoms. The van der Waals surface area contributed by atoms with Crippen LogP contribution in [0.4, 0.5) is 40.9 Å². The van der Waals surface area contributed by atoms with E-state index < -0.39 is 126 Å². The Hall–Kier alpha value is -4.54. The van der Waals surface area contributed by atoms with Gasteiger partial charge in [-0.15, -0.1) is 0 Å². The SMILES string of the molecule is C[C@@H]1c2c(C(F)F)nn(CC(=O)N[C@@H](Cc3cc(F)cc(F)c3)c3nc(C#CC(C)(C)S(=O)(=O)C4CC4)c(I)cc3-c3ccc(Cl)c4c(NS(=O)(=O)C5CC5)nn(CC(F)F)c34)c2C(F)(F)[C@@H]1C. The van der Waals surface area contributed by atoms with Gasteiger partial charge in [0.2, 0.25) is 15.9 Å². The molecule has 68 heavy (non-hydrogen) atoms. The number of carbonyl (C=O) groups excluding carboxylic acids is 1. The number of hydrogen-bond donors (Lipinski definition) is 2. The van der Waals surface area contributed by atoms with Crippen molar-refractivity contribution in [3.8, 4) is 23.0 Å². The number of alkyl halides is 6. The number of fused-ring (bicyclic) bond motifs is 2. The van der Waals surface area contributed by atoms with Gasteiger partial charge in [-0.1, -0.05) is 37.4 Å². The molecule has 3 aliphatic carbocycles. The molecule has 8 rings (SSSR count). The van der Waals surface area contributed by atoms with Crippen molar-refractivity contribution in [2.45, 2.75) is 119 Å². The van der Waals surface area contributed by atoms with Crippen LogP contribution in [0.2, 0.25) is 5.02 Å². The Labute approximate surface area is 404 Å². The summed E-state index contributed by atoms with van der Waals surface area (Å²) in [6.07, 6.45) is -5.26. The monoisotopic (exact) mass is 1130 g/mol. The molecule has 12 nitrogen and oxygen atoms in total. The Bertz CT molecular complexity index is 3150. The molecule has 3 aromatic heterocycles. The number of amides is 1. The predicted molar refractivity (Wildman–Crippen MR) is 245 cm³/mol. The van der Waals surface area contributed by atoms with E-state index in [2.05, 4.69) is 32.1 Å². The fourth-order valence-corrected chi connectivity index (χ4v) is 12.4. The standard InChI is InChI=1S/C44H41ClF8IN7O5S2/c1-20-21(2)44(52,53)40-35(20)38(41(50)51)57-61(40)19-34(62)55-32(15-22-13-23(46)16-24(47)14-22)37-28(17-30(54)31(56-37)11-12-43(3,4)67(63,64)25-5-6-25)27-9-10-29(45)36-39(27)60(18-33(48)49)58-42(36)59-68(65,66)26-7-8-26/h9-10,13-14,16-17,20-21,25-26,32-33,41H,5-8,15,18-19H2,1-4H3,(H,55,62)(H,58,59)/t20-,21+,32-/m0/s1. The third-order valence-corrected chi connectivity index (χ3v) is 18.3. The number of nitrogens with one attached hydrogen (secondary N) is 2. The van der Waals surface area contributed by atoms with Gasteiger partial charge in [-0.2, -0.15) is 19.0 Å². The summed E-state index contributed by atoms with van der Waals surface area (Å²) in [6, 6.07) is 5.07. The number of benzene rings is 2. The maximum atomic E-state index is 15.8. The average Bonchev–Trinajstić information content (AvgIpc) is 4.17. The molecular weight excluding hydrogens is 1090 g/mol. The van der Waals surface area contributed by atoms with Gasteiger partial charge in [-0.05, 0) is 110 Å². The maximum absolute atomic E-state index is 15.8. The minimum absolute atomic E-state index is 0.00909. The van der Waals surface area contributed by atoms with Crippen molar-refractivity contribution in [3.63, 3.8) is 0 Å². The fourth-order valence-electron chi connectivity index (χ4n) is 8.48. The molecule has 2 N–H and O–H groups in total. The summed E-state index contributed by atoms with van der Waals surface area (Å²) in [6.45, 7) is 3.21. The molecule has 3 atom stereocenters. The number of sulfonamides is 1. The lowest BCUT2D eigenvalue weighted by atomic mass is 9.93. The summed E-state index contributed by atoms with van der Waals surface area (Å²) in [4.78, 5) is 19.1. The van der Waals surface area contributed by atoms with Gasteiger partial charge in [0.25, 0.3) is 18.8 Å². The highest BCUT2D eigenvalue weighted by Crippen LogP contribution is 2.54. The lowest BCUT2D eigenvalue weighted by Gasteiger charge is -2.24. The maximum Gasteiger partial charge on any atom is 0.292 e. The van der Waals surface area contributed by atoms with E-state index in [1.165, 1.54) is 45.9 Å². The molecule has 0 saturated heterocycles. The molecule has 5 aromatic rings. The summed E-state index contributed by atoms with van der Waals surface area (Å²) in [5, 5.41) is 9.01. The number of carbonyl (C=O) groups is 1. The van der Waals surface area contributed by atoms with Crippen molar-refractivity contribution in [1.29, 1.82) is 0 Å². The van der Waals surface area contributed by atoms with Gasteiger partial charge in [-0.3, -0.25) is 18.9 Å². The number of anilines is 1. The zero-order valence-electron chi connectivity index (χ0n) is 36.3. The lowest BCUT2D eigenvalue weighted by Crippen LogP contribution is -2.35.